The summed E-state index contributed by atoms with van der Waals surface area (Å²) in [4.78, 5) is 9.13. The number of benzene rings is 1. The molecule has 0 amide bonds. The summed E-state index contributed by atoms with van der Waals surface area (Å²) in [7, 11) is 0. The van der Waals surface area contributed by atoms with Gasteiger partial charge in [-0.25, -0.2) is 13.8 Å². The maximum absolute atomic E-state index is 14.6. The highest BCUT2D eigenvalue weighted by Crippen LogP contribution is 2.47. The first-order chi connectivity index (χ1) is 13.1. The molecule has 142 valence electrons. The van der Waals surface area contributed by atoms with E-state index >= 15 is 0 Å². The van der Waals surface area contributed by atoms with Crippen LogP contribution in [0.1, 0.15) is 29.9 Å². The van der Waals surface area contributed by atoms with Crippen LogP contribution in [0.5, 0.6) is 0 Å². The highest BCUT2D eigenvalue weighted by atomic mass is 19.2. The van der Waals surface area contributed by atoms with Crippen molar-refractivity contribution >= 4 is 5.82 Å². The topological polar surface area (TPSA) is 45.4 Å². The van der Waals surface area contributed by atoms with Gasteiger partial charge in [0, 0.05) is 42.9 Å². The molecule has 6 rings (SSSR count). The fraction of sp³-hybridized carbons (Fsp3) is 0.476. The second-order valence-electron chi connectivity index (χ2n) is 8.08. The summed E-state index contributed by atoms with van der Waals surface area (Å²) in [6.45, 7) is 3.54. The Morgan fingerprint density at radius 1 is 1.07 bits per heavy atom. The zero-order valence-electron chi connectivity index (χ0n) is 15.2. The molecule has 4 nitrogen and oxygen atoms in total. The van der Waals surface area contributed by atoms with Crippen molar-refractivity contribution in [3.05, 3.63) is 59.3 Å². The minimum atomic E-state index is -0.755. The molecule has 2 N–H and O–H groups in total. The molecule has 2 aromatic rings. The Morgan fingerprint density at radius 2 is 1.89 bits per heavy atom. The predicted octanol–water partition coefficient (Wildman–Crippen LogP) is 3.00. The molecule has 0 spiro atoms. The number of likely N-dealkylation sites (tertiary alicyclic amines) is 1. The first-order valence-electron chi connectivity index (χ1n) is 9.75. The van der Waals surface area contributed by atoms with Crippen LogP contribution in [0.15, 0.2) is 36.5 Å². The van der Waals surface area contributed by atoms with E-state index < -0.39 is 11.6 Å². The van der Waals surface area contributed by atoms with Gasteiger partial charge in [-0.1, -0.05) is 18.2 Å². The highest BCUT2D eigenvalue weighted by molar-refractivity contribution is 5.39. The normalized spacial score (nSPS) is 32.6. The van der Waals surface area contributed by atoms with Crippen molar-refractivity contribution in [2.45, 2.75) is 37.4 Å². The molecule has 5 heterocycles. The third-order valence-corrected chi connectivity index (χ3v) is 6.77. The zero-order chi connectivity index (χ0) is 18.5. The lowest BCUT2D eigenvalue weighted by Crippen LogP contribution is -2.60. The fourth-order valence-electron chi connectivity index (χ4n) is 5.61. The van der Waals surface area contributed by atoms with Gasteiger partial charge in [0.1, 0.15) is 5.82 Å². The van der Waals surface area contributed by atoms with Crippen molar-refractivity contribution in [1.82, 2.24) is 14.8 Å². The Hall–Kier alpha value is -2.05. The number of halogens is 2. The van der Waals surface area contributed by atoms with Gasteiger partial charge in [0.2, 0.25) is 0 Å². The molecular weight excluding hydrogens is 346 g/mol. The van der Waals surface area contributed by atoms with E-state index in [4.69, 9.17) is 5.73 Å². The second-order valence-corrected chi connectivity index (χ2v) is 8.08. The SMILES string of the molecule is Nc1ncccc1CN1C[C@@H](c2cccc(F)c2F)[C@@H]2[C@H]1C1CCN2CC1. The standard InChI is InChI=1S/C21H24F2N4/c22-17-5-1-4-15(18(17)23)16-12-27(11-14-3-2-8-25-21(14)24)19-13-6-9-26(10-7-13)20(16)19/h1-5,8,13,16,19-20H,6-7,9-12H2,(H2,24,25)/t16-,19+,20+/m0/s1. The van der Waals surface area contributed by atoms with Gasteiger partial charge in [-0.15, -0.1) is 0 Å². The van der Waals surface area contributed by atoms with Crippen LogP contribution in [0.4, 0.5) is 14.6 Å². The molecule has 0 saturated carbocycles. The maximum Gasteiger partial charge on any atom is 0.162 e. The highest BCUT2D eigenvalue weighted by Gasteiger charge is 2.53. The zero-order valence-corrected chi connectivity index (χ0v) is 15.2. The largest absolute Gasteiger partial charge is 0.383 e. The predicted molar refractivity (Wildman–Crippen MR) is 100 cm³/mol. The Morgan fingerprint density at radius 3 is 2.67 bits per heavy atom. The van der Waals surface area contributed by atoms with Crippen molar-refractivity contribution in [2.75, 3.05) is 25.4 Å². The number of hydrogen-bond donors (Lipinski definition) is 1. The quantitative estimate of drug-likeness (QED) is 0.902. The van der Waals surface area contributed by atoms with Crippen LogP contribution in [0.25, 0.3) is 0 Å². The molecule has 0 unspecified atom stereocenters. The number of nitrogen functional groups attached to an aromatic ring is 1. The first kappa shape index (κ1) is 17.1. The van der Waals surface area contributed by atoms with E-state index in [1.165, 1.54) is 18.9 Å². The molecule has 4 fully saturated rings. The van der Waals surface area contributed by atoms with Gasteiger partial charge < -0.3 is 5.73 Å². The van der Waals surface area contributed by atoms with E-state index in [2.05, 4.69) is 14.8 Å². The van der Waals surface area contributed by atoms with Gasteiger partial charge in [0.15, 0.2) is 11.6 Å². The summed E-state index contributed by atoms with van der Waals surface area (Å²) < 4.78 is 28.5. The molecule has 0 aliphatic carbocycles. The number of rotatable bonds is 3. The fourth-order valence-corrected chi connectivity index (χ4v) is 5.61. The van der Waals surface area contributed by atoms with E-state index in [-0.39, 0.29) is 12.0 Å². The number of nitrogens with zero attached hydrogens (tertiary/aromatic N) is 3. The molecule has 6 heteroatoms. The average molecular weight is 370 g/mol. The summed E-state index contributed by atoms with van der Waals surface area (Å²) in [5, 5.41) is 0. The van der Waals surface area contributed by atoms with Crippen LogP contribution < -0.4 is 5.73 Å². The molecule has 0 radical (unpaired) electrons. The molecule has 4 aliphatic heterocycles. The van der Waals surface area contributed by atoms with Crippen molar-refractivity contribution in [3.63, 3.8) is 0 Å². The van der Waals surface area contributed by atoms with Gasteiger partial charge >= 0.3 is 0 Å². The number of piperidine rings is 3. The second kappa shape index (κ2) is 6.53. The molecule has 1 aromatic heterocycles. The first-order valence-corrected chi connectivity index (χ1v) is 9.75. The Bertz CT molecular complexity index is 850. The summed E-state index contributed by atoms with van der Waals surface area (Å²) in [6.07, 6.45) is 4.06. The Labute approximate surface area is 158 Å². The summed E-state index contributed by atoms with van der Waals surface area (Å²) in [5.41, 5.74) is 7.60. The number of nitrogens with two attached hydrogens (primary N) is 1. The van der Waals surface area contributed by atoms with E-state index in [1.54, 1.807) is 18.3 Å². The molecule has 3 atom stereocenters. The molecule has 27 heavy (non-hydrogen) atoms. The third kappa shape index (κ3) is 2.74. The van der Waals surface area contributed by atoms with Gasteiger partial charge in [0.05, 0.1) is 0 Å². The van der Waals surface area contributed by atoms with Gasteiger partial charge in [-0.3, -0.25) is 9.80 Å². The van der Waals surface area contributed by atoms with E-state index in [1.807, 2.05) is 12.1 Å². The lowest BCUT2D eigenvalue weighted by atomic mass is 9.75. The van der Waals surface area contributed by atoms with E-state index in [0.717, 1.165) is 25.2 Å². The van der Waals surface area contributed by atoms with E-state index in [0.29, 0.717) is 29.9 Å². The monoisotopic (exact) mass is 370 g/mol. The lowest BCUT2D eigenvalue weighted by Gasteiger charge is -2.51. The average Bonchev–Trinajstić information content (AvgIpc) is 3.08. The summed E-state index contributed by atoms with van der Waals surface area (Å²) in [6, 6.07) is 9.10. The van der Waals surface area contributed by atoms with Crippen molar-refractivity contribution < 1.29 is 8.78 Å². The number of aromatic nitrogens is 1. The maximum atomic E-state index is 14.6. The number of pyridine rings is 1. The molecule has 1 aromatic carbocycles. The molecule has 4 saturated heterocycles. The van der Waals surface area contributed by atoms with Gasteiger partial charge in [0.25, 0.3) is 0 Å². The van der Waals surface area contributed by atoms with Crippen LogP contribution in [-0.4, -0.2) is 46.5 Å². The van der Waals surface area contributed by atoms with Crippen LogP contribution in [0.3, 0.4) is 0 Å². The smallest absolute Gasteiger partial charge is 0.162 e. The minimum Gasteiger partial charge on any atom is -0.383 e. The summed E-state index contributed by atoms with van der Waals surface area (Å²) in [5.74, 6) is -0.302. The van der Waals surface area contributed by atoms with Crippen LogP contribution in [-0.2, 0) is 6.54 Å². The van der Waals surface area contributed by atoms with E-state index in [9.17, 15) is 8.78 Å². The van der Waals surface area contributed by atoms with Crippen molar-refractivity contribution in [3.8, 4) is 0 Å². The lowest BCUT2D eigenvalue weighted by molar-refractivity contribution is -0.00885. The molecule has 4 aliphatic rings. The third-order valence-electron chi connectivity index (χ3n) is 6.77. The Kier molecular flexibility index (Phi) is 4.13. The van der Waals surface area contributed by atoms with Crippen LogP contribution in [0.2, 0.25) is 0 Å². The van der Waals surface area contributed by atoms with Crippen LogP contribution >= 0.6 is 0 Å². The van der Waals surface area contributed by atoms with Gasteiger partial charge in [-0.2, -0.15) is 0 Å². The van der Waals surface area contributed by atoms with Gasteiger partial charge in [-0.05, 0) is 49.5 Å². The van der Waals surface area contributed by atoms with Crippen LogP contribution in [0, 0.1) is 17.6 Å². The number of fused-ring (bicyclic) bond motifs is 2. The van der Waals surface area contributed by atoms with Crippen molar-refractivity contribution in [2.24, 2.45) is 5.92 Å². The number of hydrogen-bond acceptors (Lipinski definition) is 4. The molecule has 2 bridgehead atoms. The molecular formula is C21H24F2N4. The number of anilines is 1. The van der Waals surface area contributed by atoms with Crippen molar-refractivity contribution in [1.29, 1.82) is 0 Å². The minimum absolute atomic E-state index is 0.0216. The Balaban J connectivity index is 1.52. The summed E-state index contributed by atoms with van der Waals surface area (Å²) >= 11 is 0.